The summed E-state index contributed by atoms with van der Waals surface area (Å²) in [5.74, 6) is 0.834. The molecule has 3 heterocycles. The molecular weight excluding hydrogens is 311 g/mol. The Morgan fingerprint density at radius 1 is 1.52 bits per heavy atom. The zero-order valence-electron chi connectivity index (χ0n) is 12.5. The van der Waals surface area contributed by atoms with Gasteiger partial charge in [-0.2, -0.15) is 13.2 Å². The summed E-state index contributed by atoms with van der Waals surface area (Å²) in [4.78, 5) is 15.7. The molecule has 2 aromatic heterocycles. The quantitative estimate of drug-likeness (QED) is 0.943. The highest BCUT2D eigenvalue weighted by Gasteiger charge is 2.35. The number of amides is 1. The molecule has 1 atom stereocenters. The van der Waals surface area contributed by atoms with Crippen molar-refractivity contribution in [1.29, 1.82) is 0 Å². The fourth-order valence-electron chi connectivity index (χ4n) is 2.77. The van der Waals surface area contributed by atoms with Crippen LogP contribution in [0.3, 0.4) is 0 Å². The molecule has 8 heteroatoms. The summed E-state index contributed by atoms with van der Waals surface area (Å²) >= 11 is 0. The third-order valence-corrected chi connectivity index (χ3v) is 4.04. The van der Waals surface area contributed by atoms with Crippen LogP contribution in [0.4, 0.5) is 13.2 Å². The number of nitrogens with one attached hydrogen (secondary N) is 1. The highest BCUT2D eigenvalue weighted by Crippen LogP contribution is 2.30. The van der Waals surface area contributed by atoms with Gasteiger partial charge in [-0.1, -0.05) is 0 Å². The molecule has 0 aliphatic carbocycles. The number of carbonyl (C=O) groups is 1. The van der Waals surface area contributed by atoms with E-state index in [0.29, 0.717) is 43.1 Å². The maximum Gasteiger partial charge on any atom is 0.434 e. The molecule has 1 aliphatic rings. The predicted octanol–water partition coefficient (Wildman–Crippen LogP) is 2.80. The maximum atomic E-state index is 12.7. The van der Waals surface area contributed by atoms with Crippen LogP contribution in [0, 0.1) is 12.8 Å². The van der Waals surface area contributed by atoms with Crippen molar-refractivity contribution in [2.75, 3.05) is 6.54 Å². The molecule has 1 amide bonds. The Morgan fingerprint density at radius 2 is 2.30 bits per heavy atom. The van der Waals surface area contributed by atoms with E-state index in [1.165, 1.54) is 10.8 Å². The highest BCUT2D eigenvalue weighted by atomic mass is 19.4. The first-order valence-electron chi connectivity index (χ1n) is 7.30. The van der Waals surface area contributed by atoms with Gasteiger partial charge in [0.25, 0.3) is 5.91 Å². The second kappa shape index (κ2) is 5.75. The van der Waals surface area contributed by atoms with Crippen molar-refractivity contribution in [3.63, 3.8) is 0 Å². The Labute approximate surface area is 130 Å². The van der Waals surface area contributed by atoms with E-state index < -0.39 is 11.9 Å². The molecule has 0 radical (unpaired) electrons. The average molecular weight is 327 g/mol. The van der Waals surface area contributed by atoms with E-state index >= 15 is 0 Å². The molecule has 0 aromatic carbocycles. The van der Waals surface area contributed by atoms with Crippen LogP contribution >= 0.6 is 0 Å². The van der Waals surface area contributed by atoms with Gasteiger partial charge < -0.3 is 14.3 Å². The smallest absolute Gasteiger partial charge is 0.434 e. The second-order valence-electron chi connectivity index (χ2n) is 5.70. The van der Waals surface area contributed by atoms with Gasteiger partial charge in [-0.3, -0.25) is 4.79 Å². The van der Waals surface area contributed by atoms with Gasteiger partial charge in [-0.25, -0.2) is 4.98 Å². The highest BCUT2D eigenvalue weighted by molar-refractivity contribution is 5.95. The third-order valence-electron chi connectivity index (χ3n) is 4.04. The van der Waals surface area contributed by atoms with Gasteiger partial charge in [-0.15, -0.1) is 0 Å². The molecule has 5 nitrogen and oxygen atoms in total. The third kappa shape index (κ3) is 3.25. The first-order chi connectivity index (χ1) is 10.8. The Bertz CT molecular complexity index is 718. The molecule has 1 N–H and O–H groups in total. The van der Waals surface area contributed by atoms with E-state index in [2.05, 4.69) is 10.3 Å². The first kappa shape index (κ1) is 15.6. The summed E-state index contributed by atoms with van der Waals surface area (Å²) in [6.07, 6.45) is -0.766. The van der Waals surface area contributed by atoms with E-state index in [1.807, 2.05) is 0 Å². The number of nitrogens with zero attached hydrogens (tertiary/aromatic N) is 2. The number of alkyl halides is 3. The second-order valence-corrected chi connectivity index (χ2v) is 5.70. The van der Waals surface area contributed by atoms with Crippen molar-refractivity contribution >= 4 is 5.91 Å². The van der Waals surface area contributed by atoms with Crippen LogP contribution in [0.25, 0.3) is 0 Å². The van der Waals surface area contributed by atoms with Crippen LogP contribution in [-0.2, 0) is 19.1 Å². The molecule has 0 bridgehead atoms. The number of carbonyl (C=O) groups excluding carboxylic acids is 1. The van der Waals surface area contributed by atoms with Crippen molar-refractivity contribution in [1.82, 2.24) is 14.9 Å². The summed E-state index contributed by atoms with van der Waals surface area (Å²) in [7, 11) is 0. The standard InChI is InChI=1S/C15H16F3N3O2/c1-9-11(4-5-23-9)14(22)19-6-10-2-3-13-20-12(15(16,17)18)8-21(13)7-10/h4-5,8,10H,2-3,6-7H2,1H3,(H,19,22). The van der Waals surface area contributed by atoms with Crippen molar-refractivity contribution < 1.29 is 22.4 Å². The van der Waals surface area contributed by atoms with E-state index in [0.717, 1.165) is 6.20 Å². The molecule has 3 rings (SSSR count). The zero-order valence-corrected chi connectivity index (χ0v) is 12.5. The average Bonchev–Trinajstić information content (AvgIpc) is 3.09. The molecule has 0 saturated heterocycles. The first-order valence-corrected chi connectivity index (χ1v) is 7.30. The van der Waals surface area contributed by atoms with Crippen LogP contribution in [0.1, 0.15) is 34.1 Å². The molecule has 124 valence electrons. The lowest BCUT2D eigenvalue weighted by molar-refractivity contribution is -0.141. The molecule has 2 aromatic rings. The zero-order chi connectivity index (χ0) is 16.6. The topological polar surface area (TPSA) is 60.1 Å². The van der Waals surface area contributed by atoms with Crippen LogP contribution < -0.4 is 5.32 Å². The normalized spacial score (nSPS) is 17.8. The number of aromatic nitrogens is 2. The van der Waals surface area contributed by atoms with Gasteiger partial charge in [0.1, 0.15) is 11.6 Å². The number of aryl methyl sites for hydroxylation is 2. The van der Waals surface area contributed by atoms with Gasteiger partial charge in [0, 0.05) is 25.7 Å². The summed E-state index contributed by atoms with van der Waals surface area (Å²) in [5, 5.41) is 2.81. The maximum absolute atomic E-state index is 12.7. The molecule has 0 fully saturated rings. The number of fused-ring (bicyclic) bond motifs is 1. The van der Waals surface area contributed by atoms with E-state index in [-0.39, 0.29) is 11.8 Å². The lowest BCUT2D eigenvalue weighted by Crippen LogP contribution is -2.33. The van der Waals surface area contributed by atoms with E-state index in [1.54, 1.807) is 13.0 Å². The lowest BCUT2D eigenvalue weighted by Gasteiger charge is -2.23. The number of hydrogen-bond acceptors (Lipinski definition) is 3. The van der Waals surface area contributed by atoms with Crippen LogP contribution in [0.5, 0.6) is 0 Å². The fraction of sp³-hybridized carbons (Fsp3) is 0.467. The minimum atomic E-state index is -4.42. The van der Waals surface area contributed by atoms with Crippen LogP contribution in [-0.4, -0.2) is 22.0 Å². The summed E-state index contributed by atoms with van der Waals surface area (Å²) in [5.41, 5.74) is -0.380. The number of halogens is 3. The van der Waals surface area contributed by atoms with Crippen LogP contribution in [0.2, 0.25) is 0 Å². The van der Waals surface area contributed by atoms with E-state index in [9.17, 15) is 18.0 Å². The van der Waals surface area contributed by atoms with Gasteiger partial charge >= 0.3 is 6.18 Å². The summed E-state index contributed by atoms with van der Waals surface area (Å²) < 4.78 is 44.6. The number of rotatable bonds is 3. The van der Waals surface area contributed by atoms with Crippen molar-refractivity contribution in [2.45, 2.75) is 32.5 Å². The Balaban J connectivity index is 1.61. The Morgan fingerprint density at radius 3 is 2.96 bits per heavy atom. The lowest BCUT2D eigenvalue weighted by atomic mass is 9.99. The number of imidazole rings is 1. The van der Waals surface area contributed by atoms with Gasteiger partial charge in [-0.05, 0) is 25.3 Å². The molecular formula is C15H16F3N3O2. The number of furan rings is 1. The SMILES string of the molecule is Cc1occc1C(=O)NCC1CCc2nc(C(F)(F)F)cn2C1. The van der Waals surface area contributed by atoms with Crippen molar-refractivity contribution in [3.8, 4) is 0 Å². The van der Waals surface area contributed by atoms with Gasteiger partial charge in [0.05, 0.1) is 11.8 Å². The monoisotopic (exact) mass is 327 g/mol. The largest absolute Gasteiger partial charge is 0.469 e. The fourth-order valence-corrected chi connectivity index (χ4v) is 2.77. The van der Waals surface area contributed by atoms with Crippen LogP contribution in [0.15, 0.2) is 22.9 Å². The Kier molecular flexibility index (Phi) is 3.91. The van der Waals surface area contributed by atoms with E-state index in [4.69, 9.17) is 4.42 Å². The Hall–Kier alpha value is -2.25. The minimum absolute atomic E-state index is 0.0777. The van der Waals surface area contributed by atoms with Gasteiger partial charge in [0.15, 0.2) is 5.69 Å². The van der Waals surface area contributed by atoms with Gasteiger partial charge in [0.2, 0.25) is 0 Å². The molecule has 0 saturated carbocycles. The predicted molar refractivity (Wildman–Crippen MR) is 74.8 cm³/mol. The van der Waals surface area contributed by atoms with Crippen molar-refractivity contribution in [3.05, 3.63) is 41.4 Å². The molecule has 1 aliphatic heterocycles. The van der Waals surface area contributed by atoms with Crippen molar-refractivity contribution in [2.24, 2.45) is 5.92 Å². The molecule has 1 unspecified atom stereocenters. The number of hydrogen-bond donors (Lipinski definition) is 1. The summed E-state index contributed by atoms with van der Waals surface area (Å²) in [6, 6.07) is 1.59. The summed E-state index contributed by atoms with van der Waals surface area (Å²) in [6.45, 7) is 2.53. The molecule has 23 heavy (non-hydrogen) atoms. The molecule has 0 spiro atoms. The minimum Gasteiger partial charge on any atom is -0.469 e.